The molecule has 4 rings (SSSR count). The molecule has 7 nitrogen and oxygen atoms in total. The number of hydrogen-bond acceptors (Lipinski definition) is 4. The van der Waals surface area contributed by atoms with Crippen LogP contribution in [0.5, 0.6) is 11.5 Å². The lowest BCUT2D eigenvalue weighted by molar-refractivity contribution is 0.174. The number of carbonyl (C=O) groups is 1. The number of rotatable bonds is 5. The molecule has 0 spiro atoms. The van der Waals surface area contributed by atoms with Gasteiger partial charge < -0.3 is 20.1 Å². The van der Waals surface area contributed by atoms with Crippen molar-refractivity contribution in [2.24, 2.45) is 0 Å². The highest BCUT2D eigenvalue weighted by atomic mass is 16.7. The molecule has 0 radical (unpaired) electrons. The first-order valence-corrected chi connectivity index (χ1v) is 9.70. The summed E-state index contributed by atoms with van der Waals surface area (Å²) in [4.78, 5) is 12.6. The second kappa shape index (κ2) is 7.87. The average Bonchev–Trinajstić information content (AvgIpc) is 3.34. The molecule has 2 heterocycles. The molecule has 2 aromatic carbocycles. The third-order valence-electron chi connectivity index (χ3n) is 4.91. The van der Waals surface area contributed by atoms with Crippen molar-refractivity contribution < 1.29 is 14.3 Å². The van der Waals surface area contributed by atoms with Gasteiger partial charge in [0.15, 0.2) is 11.5 Å². The van der Waals surface area contributed by atoms with Crippen LogP contribution in [0.2, 0.25) is 0 Å². The van der Waals surface area contributed by atoms with Gasteiger partial charge in [0.25, 0.3) is 0 Å². The summed E-state index contributed by atoms with van der Waals surface area (Å²) in [6.07, 6.45) is 0.705. The zero-order valence-electron chi connectivity index (χ0n) is 16.7. The first kappa shape index (κ1) is 18.9. The molecule has 1 aliphatic heterocycles. The van der Waals surface area contributed by atoms with Gasteiger partial charge in [-0.05, 0) is 48.2 Å². The summed E-state index contributed by atoms with van der Waals surface area (Å²) in [6, 6.07) is 13.1. The van der Waals surface area contributed by atoms with Crippen molar-refractivity contribution in [3.8, 4) is 22.8 Å². The minimum absolute atomic E-state index is 0.211. The van der Waals surface area contributed by atoms with Crippen molar-refractivity contribution in [2.75, 3.05) is 17.4 Å². The Kier molecular flexibility index (Phi) is 5.12. The summed E-state index contributed by atoms with van der Waals surface area (Å²) in [5, 5.41) is 13.3. The van der Waals surface area contributed by atoms with Crippen LogP contribution >= 0.6 is 0 Å². The summed E-state index contributed by atoms with van der Waals surface area (Å²) < 4.78 is 10.8. The Morgan fingerprint density at radius 3 is 2.59 bits per heavy atom. The third-order valence-corrected chi connectivity index (χ3v) is 4.91. The second-order valence-corrected chi connectivity index (χ2v) is 7.20. The number of hydrogen-bond donors (Lipinski definition) is 3. The van der Waals surface area contributed by atoms with Crippen LogP contribution in [0, 0.1) is 0 Å². The van der Waals surface area contributed by atoms with E-state index in [0.29, 0.717) is 35.2 Å². The second-order valence-electron chi connectivity index (χ2n) is 7.20. The number of aromatic amines is 1. The molecule has 7 heteroatoms. The highest BCUT2D eigenvalue weighted by Crippen LogP contribution is 2.38. The molecule has 0 unspecified atom stereocenters. The summed E-state index contributed by atoms with van der Waals surface area (Å²) in [6.45, 7) is 6.49. The van der Waals surface area contributed by atoms with E-state index in [-0.39, 0.29) is 12.8 Å². The maximum absolute atomic E-state index is 12.6. The standard InChI is InChI=1S/C22H24N4O3/c1-4-17-21(24-22(27)23-16-8-5-14(6-9-16)13(2)3)20(26-25-17)15-7-10-18-19(11-15)29-12-28-18/h5-11,13H,4,12H2,1-3H3,(H,25,26)(H2,23,24,27). The lowest BCUT2D eigenvalue weighted by Crippen LogP contribution is -2.20. The molecule has 3 N–H and O–H groups in total. The van der Waals surface area contributed by atoms with E-state index < -0.39 is 0 Å². The Labute approximate surface area is 169 Å². The Morgan fingerprint density at radius 2 is 1.86 bits per heavy atom. The van der Waals surface area contributed by atoms with Crippen molar-refractivity contribution in [3.05, 3.63) is 53.7 Å². The molecular weight excluding hydrogens is 368 g/mol. The first-order chi connectivity index (χ1) is 14.0. The van der Waals surface area contributed by atoms with Crippen molar-refractivity contribution in [2.45, 2.75) is 33.1 Å². The van der Waals surface area contributed by atoms with Crippen molar-refractivity contribution in [1.82, 2.24) is 10.2 Å². The minimum atomic E-state index is -0.319. The number of carbonyl (C=O) groups excluding carboxylic acids is 1. The van der Waals surface area contributed by atoms with E-state index in [0.717, 1.165) is 16.9 Å². The van der Waals surface area contributed by atoms with Gasteiger partial charge in [0.05, 0.1) is 11.4 Å². The monoisotopic (exact) mass is 392 g/mol. The number of nitrogens with zero attached hydrogens (tertiary/aromatic N) is 1. The van der Waals surface area contributed by atoms with Crippen LogP contribution in [0.4, 0.5) is 16.2 Å². The normalized spacial score (nSPS) is 12.3. The number of ether oxygens (including phenoxy) is 2. The van der Waals surface area contributed by atoms with E-state index in [2.05, 4.69) is 34.7 Å². The Balaban J connectivity index is 1.55. The van der Waals surface area contributed by atoms with Gasteiger partial charge in [-0.2, -0.15) is 5.10 Å². The summed E-state index contributed by atoms with van der Waals surface area (Å²) in [7, 11) is 0. The molecule has 0 saturated heterocycles. The number of fused-ring (bicyclic) bond motifs is 1. The number of nitrogens with one attached hydrogen (secondary N) is 3. The summed E-state index contributed by atoms with van der Waals surface area (Å²) in [5.41, 5.74) is 4.96. The molecule has 150 valence electrons. The van der Waals surface area contributed by atoms with Gasteiger partial charge in [0.2, 0.25) is 6.79 Å². The fourth-order valence-electron chi connectivity index (χ4n) is 3.25. The maximum atomic E-state index is 12.6. The smallest absolute Gasteiger partial charge is 0.323 e. The lowest BCUT2D eigenvalue weighted by Gasteiger charge is -2.11. The third kappa shape index (κ3) is 3.89. The molecule has 0 fully saturated rings. The molecule has 0 aliphatic carbocycles. The van der Waals surface area contributed by atoms with Crippen LogP contribution in [0.1, 0.15) is 37.9 Å². The first-order valence-electron chi connectivity index (χ1n) is 9.70. The molecule has 0 bridgehead atoms. The molecule has 0 saturated carbocycles. The predicted octanol–water partition coefficient (Wildman–Crippen LogP) is 5.14. The maximum Gasteiger partial charge on any atom is 0.323 e. The van der Waals surface area contributed by atoms with Crippen LogP contribution in [0.3, 0.4) is 0 Å². The average molecular weight is 392 g/mol. The van der Waals surface area contributed by atoms with Crippen LogP contribution in [0.15, 0.2) is 42.5 Å². The van der Waals surface area contributed by atoms with E-state index in [1.807, 2.05) is 49.4 Å². The van der Waals surface area contributed by atoms with Gasteiger partial charge in [0, 0.05) is 11.3 Å². The molecular formula is C22H24N4O3. The van der Waals surface area contributed by atoms with E-state index in [4.69, 9.17) is 9.47 Å². The molecule has 1 aromatic heterocycles. The number of amides is 2. The zero-order chi connectivity index (χ0) is 20.4. The highest BCUT2D eigenvalue weighted by Gasteiger charge is 2.20. The topological polar surface area (TPSA) is 88.3 Å². The van der Waals surface area contributed by atoms with Gasteiger partial charge in [-0.3, -0.25) is 5.10 Å². The quantitative estimate of drug-likeness (QED) is 0.561. The van der Waals surface area contributed by atoms with E-state index in [1.165, 1.54) is 5.56 Å². The van der Waals surface area contributed by atoms with Crippen molar-refractivity contribution >= 4 is 17.4 Å². The van der Waals surface area contributed by atoms with Crippen molar-refractivity contribution in [1.29, 1.82) is 0 Å². The van der Waals surface area contributed by atoms with Gasteiger partial charge in [-0.25, -0.2) is 4.79 Å². The highest BCUT2D eigenvalue weighted by molar-refractivity contribution is 6.02. The van der Waals surface area contributed by atoms with Gasteiger partial charge in [0.1, 0.15) is 5.69 Å². The van der Waals surface area contributed by atoms with E-state index >= 15 is 0 Å². The molecule has 2 amide bonds. The Bertz CT molecular complexity index is 1030. The fourth-order valence-corrected chi connectivity index (χ4v) is 3.25. The summed E-state index contributed by atoms with van der Waals surface area (Å²) in [5.74, 6) is 1.82. The van der Waals surface area contributed by atoms with E-state index in [1.54, 1.807) is 0 Å². The number of anilines is 2. The van der Waals surface area contributed by atoms with Crippen molar-refractivity contribution in [3.63, 3.8) is 0 Å². The van der Waals surface area contributed by atoms with Crippen LogP contribution in [-0.2, 0) is 6.42 Å². The zero-order valence-corrected chi connectivity index (χ0v) is 16.7. The molecule has 29 heavy (non-hydrogen) atoms. The lowest BCUT2D eigenvalue weighted by atomic mass is 10.0. The molecule has 3 aromatic rings. The predicted molar refractivity (Wildman–Crippen MR) is 113 cm³/mol. The number of benzene rings is 2. The minimum Gasteiger partial charge on any atom is -0.454 e. The number of H-pyrrole nitrogens is 1. The van der Waals surface area contributed by atoms with Crippen LogP contribution < -0.4 is 20.1 Å². The van der Waals surface area contributed by atoms with Crippen LogP contribution in [-0.4, -0.2) is 23.0 Å². The Morgan fingerprint density at radius 1 is 1.10 bits per heavy atom. The Hall–Kier alpha value is -3.48. The van der Waals surface area contributed by atoms with Gasteiger partial charge in [-0.15, -0.1) is 0 Å². The largest absolute Gasteiger partial charge is 0.454 e. The van der Waals surface area contributed by atoms with Crippen LogP contribution in [0.25, 0.3) is 11.3 Å². The molecule has 0 atom stereocenters. The fraction of sp³-hybridized carbons (Fsp3) is 0.273. The van der Waals surface area contributed by atoms with E-state index in [9.17, 15) is 4.79 Å². The number of aromatic nitrogens is 2. The van der Waals surface area contributed by atoms with Gasteiger partial charge >= 0.3 is 6.03 Å². The molecule has 1 aliphatic rings. The number of urea groups is 1. The number of aryl methyl sites for hydroxylation is 1. The summed E-state index contributed by atoms with van der Waals surface area (Å²) >= 11 is 0. The SMILES string of the molecule is CCc1[nH]nc(-c2ccc3c(c2)OCO3)c1NC(=O)Nc1ccc(C(C)C)cc1. The van der Waals surface area contributed by atoms with Gasteiger partial charge in [-0.1, -0.05) is 32.9 Å².